The summed E-state index contributed by atoms with van der Waals surface area (Å²) in [5.41, 5.74) is 3.14. The molecule has 0 saturated heterocycles. The molecule has 1 atom stereocenters. The van der Waals surface area contributed by atoms with E-state index in [0.29, 0.717) is 13.1 Å². The molecule has 7 heteroatoms. The number of hydrogen-bond donors (Lipinski definition) is 1. The van der Waals surface area contributed by atoms with E-state index in [1.807, 2.05) is 20.0 Å². The minimum Gasteiger partial charge on any atom is -0.395 e. The second-order valence-corrected chi connectivity index (χ2v) is 7.61. The summed E-state index contributed by atoms with van der Waals surface area (Å²) in [6.45, 7) is 8.16. The molecule has 1 aliphatic rings. The van der Waals surface area contributed by atoms with E-state index in [4.69, 9.17) is 0 Å². The van der Waals surface area contributed by atoms with Crippen molar-refractivity contribution in [1.29, 1.82) is 0 Å². The van der Waals surface area contributed by atoms with Gasteiger partial charge in [0, 0.05) is 40.7 Å². The Morgan fingerprint density at radius 3 is 2.74 bits per heavy atom. The molecule has 1 amide bonds. The molecule has 5 nitrogen and oxygen atoms in total. The largest absolute Gasteiger partial charge is 0.395 e. The third-order valence-electron chi connectivity index (χ3n) is 4.50. The quantitative estimate of drug-likeness (QED) is 0.769. The van der Waals surface area contributed by atoms with Crippen molar-refractivity contribution in [3.63, 3.8) is 0 Å². The number of nitrogens with zero attached hydrogens (tertiary/aromatic N) is 3. The molecule has 2 heterocycles. The molecule has 0 radical (unpaired) electrons. The Kier molecular flexibility index (Phi) is 5.82. The molecule has 1 aliphatic heterocycles. The van der Waals surface area contributed by atoms with Crippen LogP contribution in [0.4, 0.5) is 4.39 Å². The van der Waals surface area contributed by atoms with Gasteiger partial charge in [-0.1, -0.05) is 36.4 Å². The van der Waals surface area contributed by atoms with Crippen molar-refractivity contribution in [2.45, 2.75) is 32.9 Å². The lowest BCUT2D eigenvalue weighted by atomic mass is 9.98. The summed E-state index contributed by atoms with van der Waals surface area (Å²) < 4.78 is 15.8. The second-order valence-electron chi connectivity index (χ2n) is 6.61. The van der Waals surface area contributed by atoms with Crippen molar-refractivity contribution in [3.05, 3.63) is 76.2 Å². The van der Waals surface area contributed by atoms with Gasteiger partial charge in [0.15, 0.2) is 0 Å². The number of hydrogen-bond acceptors (Lipinski definition) is 4. The van der Waals surface area contributed by atoms with Crippen molar-refractivity contribution < 1.29 is 14.3 Å². The van der Waals surface area contributed by atoms with Gasteiger partial charge >= 0.3 is 0 Å². The van der Waals surface area contributed by atoms with Crippen LogP contribution in [0.3, 0.4) is 0 Å². The summed E-state index contributed by atoms with van der Waals surface area (Å²) in [5.74, 6) is -1.69. The van der Waals surface area contributed by atoms with Crippen LogP contribution in [0, 0.1) is 5.82 Å². The zero-order chi connectivity index (χ0) is 19.6. The molecule has 1 aromatic heterocycles. The van der Waals surface area contributed by atoms with E-state index in [2.05, 4.69) is 11.7 Å². The molecular weight excluding hydrogens is 365 g/mol. The third kappa shape index (κ3) is 3.99. The van der Waals surface area contributed by atoms with E-state index in [0.717, 1.165) is 21.7 Å². The van der Waals surface area contributed by atoms with Crippen LogP contribution >= 0.6 is 11.9 Å². The highest BCUT2D eigenvalue weighted by Gasteiger charge is 2.32. The lowest BCUT2D eigenvalue weighted by molar-refractivity contribution is -0.134. The van der Waals surface area contributed by atoms with Gasteiger partial charge in [0.05, 0.1) is 24.8 Å². The van der Waals surface area contributed by atoms with Gasteiger partial charge in [-0.05, 0) is 19.9 Å². The molecule has 0 spiro atoms. The first kappa shape index (κ1) is 19.4. The molecule has 1 aromatic carbocycles. The van der Waals surface area contributed by atoms with Crippen molar-refractivity contribution in [2.75, 3.05) is 6.61 Å². The van der Waals surface area contributed by atoms with Crippen LogP contribution in [0.5, 0.6) is 0 Å². The number of aliphatic hydroxyl groups is 1. The van der Waals surface area contributed by atoms with E-state index in [1.165, 1.54) is 24.1 Å². The topological polar surface area (TPSA) is 58.4 Å². The van der Waals surface area contributed by atoms with Crippen LogP contribution in [0.15, 0.2) is 53.6 Å². The summed E-state index contributed by atoms with van der Waals surface area (Å²) in [6.07, 6.45) is 3.69. The third-order valence-corrected chi connectivity index (χ3v) is 5.65. The van der Waals surface area contributed by atoms with Gasteiger partial charge in [-0.15, -0.1) is 0 Å². The zero-order valence-electron chi connectivity index (χ0n) is 15.4. The van der Waals surface area contributed by atoms with E-state index >= 15 is 0 Å². The summed E-state index contributed by atoms with van der Waals surface area (Å²) in [7, 11) is 0. The van der Waals surface area contributed by atoms with Gasteiger partial charge in [-0.3, -0.25) is 4.79 Å². The van der Waals surface area contributed by atoms with E-state index in [9.17, 15) is 14.3 Å². The van der Waals surface area contributed by atoms with Crippen LogP contribution in [-0.2, 0) is 17.9 Å². The standard InChI is InChI=1S/C20H22FN3O2S/c1-4-19(13(2)3)27-24-10-14-9-23(11-18(14)22-24)20(26)16(12-25)15-7-5-6-8-17(15)21/h4-8,10,16,25H,1,9,11-12H2,2-3H3. The number of aliphatic hydroxyl groups excluding tert-OH is 1. The molecule has 3 rings (SSSR count). The zero-order valence-corrected chi connectivity index (χ0v) is 16.2. The molecule has 27 heavy (non-hydrogen) atoms. The highest BCUT2D eigenvalue weighted by Crippen LogP contribution is 2.30. The molecule has 142 valence electrons. The number of halogens is 1. The van der Waals surface area contributed by atoms with Crippen molar-refractivity contribution >= 4 is 17.9 Å². The van der Waals surface area contributed by atoms with Crippen molar-refractivity contribution in [1.82, 2.24) is 14.1 Å². The first-order chi connectivity index (χ1) is 12.9. The fourth-order valence-corrected chi connectivity index (χ4v) is 3.83. The molecular formula is C20H22FN3O2S. The Morgan fingerprint density at radius 2 is 2.15 bits per heavy atom. The average Bonchev–Trinajstić information content (AvgIpc) is 3.20. The number of allylic oxidation sites excluding steroid dienone is 2. The Morgan fingerprint density at radius 1 is 1.41 bits per heavy atom. The Bertz CT molecular complexity index is 879. The van der Waals surface area contributed by atoms with E-state index < -0.39 is 18.3 Å². The smallest absolute Gasteiger partial charge is 0.233 e. The monoisotopic (exact) mass is 387 g/mol. The predicted octanol–water partition coefficient (Wildman–Crippen LogP) is 3.62. The summed E-state index contributed by atoms with van der Waals surface area (Å²) in [6, 6.07) is 6.06. The Hall–Kier alpha value is -2.38. The van der Waals surface area contributed by atoms with Crippen molar-refractivity contribution in [2.24, 2.45) is 0 Å². The molecule has 1 N–H and O–H groups in total. The van der Waals surface area contributed by atoms with Gasteiger partial charge in [-0.2, -0.15) is 5.10 Å². The maximum Gasteiger partial charge on any atom is 0.233 e. The molecule has 0 fully saturated rings. The Labute approximate surface area is 162 Å². The fraction of sp³-hybridized carbons (Fsp3) is 0.300. The number of fused-ring (bicyclic) bond motifs is 1. The fourth-order valence-electron chi connectivity index (χ4n) is 3.05. The van der Waals surface area contributed by atoms with E-state index in [1.54, 1.807) is 27.2 Å². The first-order valence-corrected chi connectivity index (χ1v) is 9.41. The number of amides is 1. The van der Waals surface area contributed by atoms with Crippen LogP contribution < -0.4 is 0 Å². The predicted molar refractivity (Wildman–Crippen MR) is 104 cm³/mol. The highest BCUT2D eigenvalue weighted by molar-refractivity contribution is 8.01. The number of carbonyl (C=O) groups excluding carboxylic acids is 1. The van der Waals surface area contributed by atoms with Gasteiger partial charge < -0.3 is 10.0 Å². The van der Waals surface area contributed by atoms with Crippen LogP contribution in [0.1, 0.15) is 36.6 Å². The summed E-state index contributed by atoms with van der Waals surface area (Å²) in [4.78, 5) is 15.5. The minimum absolute atomic E-state index is 0.217. The van der Waals surface area contributed by atoms with Crippen molar-refractivity contribution in [3.8, 4) is 0 Å². The summed E-state index contributed by atoms with van der Waals surface area (Å²) in [5, 5.41) is 14.2. The molecule has 2 aromatic rings. The van der Waals surface area contributed by atoms with Crippen LogP contribution in [0.25, 0.3) is 0 Å². The number of benzene rings is 1. The maximum atomic E-state index is 14.0. The number of carbonyl (C=O) groups is 1. The van der Waals surface area contributed by atoms with Gasteiger partial charge in [0.25, 0.3) is 0 Å². The van der Waals surface area contributed by atoms with Crippen LogP contribution in [-0.4, -0.2) is 31.7 Å². The second kappa shape index (κ2) is 8.10. The number of rotatable bonds is 6. The van der Waals surface area contributed by atoms with Gasteiger partial charge in [0.1, 0.15) is 5.82 Å². The highest BCUT2D eigenvalue weighted by atomic mass is 32.2. The van der Waals surface area contributed by atoms with Gasteiger partial charge in [0.2, 0.25) is 5.91 Å². The minimum atomic E-state index is -0.908. The lowest BCUT2D eigenvalue weighted by Crippen LogP contribution is -2.33. The van der Waals surface area contributed by atoms with Crippen LogP contribution in [0.2, 0.25) is 0 Å². The first-order valence-electron chi connectivity index (χ1n) is 8.64. The maximum absolute atomic E-state index is 14.0. The lowest BCUT2D eigenvalue weighted by Gasteiger charge is -2.22. The molecule has 1 unspecified atom stereocenters. The SMILES string of the molecule is C=CC(Sn1cc2c(n1)CN(C(=O)C(CO)c1ccccc1F)C2)=C(C)C. The molecule has 0 saturated carbocycles. The number of aromatic nitrogens is 2. The average molecular weight is 387 g/mol. The summed E-state index contributed by atoms with van der Waals surface area (Å²) >= 11 is 1.47. The Balaban J connectivity index is 1.73. The van der Waals surface area contributed by atoms with E-state index in [-0.39, 0.29) is 11.5 Å². The normalized spacial score (nSPS) is 14.0. The molecule has 0 aliphatic carbocycles. The van der Waals surface area contributed by atoms with Gasteiger partial charge in [-0.25, -0.2) is 8.48 Å². The molecule has 0 bridgehead atoms.